The normalized spacial score (nSPS) is 22.2. The number of hydrogen-bond donors (Lipinski definition) is 1. The summed E-state index contributed by atoms with van der Waals surface area (Å²) in [6.45, 7) is 6.81. The number of fused-ring (bicyclic) bond motifs is 1. The zero-order valence-corrected chi connectivity index (χ0v) is 17.6. The Morgan fingerprint density at radius 2 is 1.79 bits per heavy atom. The summed E-state index contributed by atoms with van der Waals surface area (Å²) in [5.74, 6) is 0.831. The number of anilines is 1. The van der Waals surface area contributed by atoms with Gasteiger partial charge in [0.25, 0.3) is 0 Å². The van der Waals surface area contributed by atoms with E-state index in [0.29, 0.717) is 0 Å². The number of amides is 2. The Balaban J connectivity index is 1.51. The highest BCUT2D eigenvalue weighted by Gasteiger charge is 2.38. The first kappa shape index (κ1) is 19.9. The molecule has 29 heavy (non-hydrogen) atoms. The molecule has 2 unspecified atom stereocenters. The summed E-state index contributed by atoms with van der Waals surface area (Å²) in [6.07, 6.45) is 6.72. The van der Waals surface area contributed by atoms with Gasteiger partial charge in [-0.25, -0.2) is 4.98 Å². The number of imidazole rings is 1. The molecule has 1 N–H and O–H groups in total. The van der Waals surface area contributed by atoms with Crippen LogP contribution in [-0.2, 0) is 22.6 Å². The molecular formula is C23H32N4O2. The van der Waals surface area contributed by atoms with E-state index in [1.807, 2.05) is 23.1 Å². The molecule has 0 spiro atoms. The van der Waals surface area contributed by atoms with E-state index in [2.05, 4.69) is 23.7 Å². The second-order valence-electron chi connectivity index (χ2n) is 8.35. The molecule has 2 atom stereocenters. The lowest BCUT2D eigenvalue weighted by atomic mass is 9.77. The molecule has 1 aliphatic carbocycles. The number of likely N-dealkylation sites (tertiary alicyclic amines) is 1. The molecule has 1 saturated carbocycles. The van der Waals surface area contributed by atoms with Crippen molar-refractivity contribution >= 4 is 28.5 Å². The molecule has 4 rings (SSSR count). The van der Waals surface area contributed by atoms with Gasteiger partial charge in [0.1, 0.15) is 5.82 Å². The smallest absolute Gasteiger partial charge is 0.228 e. The lowest BCUT2D eigenvalue weighted by Crippen LogP contribution is -2.42. The summed E-state index contributed by atoms with van der Waals surface area (Å²) < 4.78 is 2.22. The van der Waals surface area contributed by atoms with Crippen molar-refractivity contribution in [2.45, 2.75) is 65.3 Å². The fraction of sp³-hybridized carbons (Fsp3) is 0.609. The first-order chi connectivity index (χ1) is 14.1. The van der Waals surface area contributed by atoms with Crippen molar-refractivity contribution in [1.29, 1.82) is 0 Å². The molecule has 2 fully saturated rings. The minimum atomic E-state index is -0.230. The van der Waals surface area contributed by atoms with E-state index in [1.165, 1.54) is 0 Å². The fourth-order valence-corrected chi connectivity index (χ4v) is 5.03. The molecule has 6 heteroatoms. The molecule has 156 valence electrons. The summed E-state index contributed by atoms with van der Waals surface area (Å²) in [5, 5.41) is 3.09. The molecule has 2 amide bonds. The van der Waals surface area contributed by atoms with Gasteiger partial charge in [-0.2, -0.15) is 0 Å². The lowest BCUT2D eigenvalue weighted by molar-refractivity contribution is -0.141. The van der Waals surface area contributed by atoms with Crippen molar-refractivity contribution in [3.05, 3.63) is 24.0 Å². The zero-order chi connectivity index (χ0) is 20.4. The third-order valence-electron chi connectivity index (χ3n) is 6.56. The quantitative estimate of drug-likeness (QED) is 0.831. The van der Waals surface area contributed by atoms with E-state index < -0.39 is 0 Å². The van der Waals surface area contributed by atoms with Gasteiger partial charge in [-0.15, -0.1) is 0 Å². The molecule has 1 aromatic heterocycles. The lowest BCUT2D eigenvalue weighted by Gasteiger charge is -2.32. The number of nitrogens with one attached hydrogen (secondary N) is 1. The van der Waals surface area contributed by atoms with E-state index in [4.69, 9.17) is 4.98 Å². The molecule has 2 aromatic rings. The van der Waals surface area contributed by atoms with Crippen LogP contribution in [0.25, 0.3) is 11.0 Å². The Labute approximate surface area is 172 Å². The molecule has 1 saturated heterocycles. The second kappa shape index (κ2) is 8.56. The molecule has 0 radical (unpaired) electrons. The van der Waals surface area contributed by atoms with Crippen molar-refractivity contribution in [1.82, 2.24) is 14.5 Å². The Hall–Kier alpha value is -2.37. The Morgan fingerprint density at radius 3 is 2.48 bits per heavy atom. The van der Waals surface area contributed by atoms with Crippen LogP contribution in [0.2, 0.25) is 0 Å². The van der Waals surface area contributed by atoms with Crippen molar-refractivity contribution < 1.29 is 9.59 Å². The predicted octanol–water partition coefficient (Wildman–Crippen LogP) is 3.99. The molecular weight excluding hydrogens is 364 g/mol. The average Bonchev–Trinajstić information content (AvgIpc) is 3.40. The van der Waals surface area contributed by atoms with Crippen molar-refractivity contribution in [2.24, 2.45) is 11.8 Å². The summed E-state index contributed by atoms with van der Waals surface area (Å²) in [6, 6.07) is 5.95. The number of benzene rings is 1. The van der Waals surface area contributed by atoms with Crippen molar-refractivity contribution in [2.75, 3.05) is 18.4 Å². The van der Waals surface area contributed by atoms with E-state index in [1.54, 1.807) is 0 Å². The maximum atomic E-state index is 13.1. The largest absolute Gasteiger partial charge is 0.342 e. The van der Waals surface area contributed by atoms with Crippen LogP contribution in [0, 0.1) is 11.8 Å². The van der Waals surface area contributed by atoms with E-state index in [-0.39, 0.29) is 23.7 Å². The minimum absolute atomic E-state index is 0.0211. The van der Waals surface area contributed by atoms with Gasteiger partial charge >= 0.3 is 0 Å². The molecule has 2 heterocycles. The summed E-state index contributed by atoms with van der Waals surface area (Å²) in [4.78, 5) is 32.8. The Kier molecular flexibility index (Phi) is 5.88. The van der Waals surface area contributed by atoms with E-state index in [0.717, 1.165) is 87.1 Å². The average molecular weight is 397 g/mol. The number of nitrogens with zero attached hydrogens (tertiary/aromatic N) is 3. The van der Waals surface area contributed by atoms with Gasteiger partial charge in [0.15, 0.2) is 0 Å². The number of rotatable bonds is 5. The highest BCUT2D eigenvalue weighted by Crippen LogP contribution is 2.33. The van der Waals surface area contributed by atoms with Crippen LogP contribution in [0.3, 0.4) is 0 Å². The molecule has 1 aromatic carbocycles. The van der Waals surface area contributed by atoms with E-state index in [9.17, 15) is 9.59 Å². The summed E-state index contributed by atoms with van der Waals surface area (Å²) >= 11 is 0. The summed E-state index contributed by atoms with van der Waals surface area (Å²) in [7, 11) is 0. The zero-order valence-electron chi connectivity index (χ0n) is 17.6. The first-order valence-corrected chi connectivity index (χ1v) is 11.2. The summed E-state index contributed by atoms with van der Waals surface area (Å²) in [5.41, 5.74) is 2.78. The highest BCUT2D eigenvalue weighted by atomic mass is 16.2. The van der Waals surface area contributed by atoms with Gasteiger partial charge in [0, 0.05) is 43.6 Å². The fourth-order valence-electron chi connectivity index (χ4n) is 5.03. The third-order valence-corrected chi connectivity index (χ3v) is 6.56. The van der Waals surface area contributed by atoms with Crippen LogP contribution in [0.4, 0.5) is 5.69 Å². The van der Waals surface area contributed by atoms with Gasteiger partial charge in [-0.1, -0.05) is 19.8 Å². The van der Waals surface area contributed by atoms with Crippen LogP contribution >= 0.6 is 0 Å². The van der Waals surface area contributed by atoms with Crippen molar-refractivity contribution in [3.63, 3.8) is 0 Å². The highest BCUT2D eigenvalue weighted by molar-refractivity contribution is 5.97. The monoisotopic (exact) mass is 396 g/mol. The van der Waals surface area contributed by atoms with E-state index >= 15 is 0 Å². The maximum Gasteiger partial charge on any atom is 0.228 e. The van der Waals surface area contributed by atoms with Gasteiger partial charge in [0.2, 0.25) is 11.8 Å². The molecule has 6 nitrogen and oxygen atoms in total. The number of carbonyl (C=O) groups is 2. The molecule has 0 bridgehead atoms. The second-order valence-corrected chi connectivity index (χ2v) is 8.35. The molecule has 2 aliphatic rings. The van der Waals surface area contributed by atoms with Gasteiger partial charge in [-0.3, -0.25) is 9.59 Å². The standard InChI is InChI=1S/C23H32N4O2/c1-3-21-25-19-15-16(11-12-20(19)27(21)4-2)24-22(28)17-9-5-6-10-18(17)23(29)26-13-7-8-14-26/h11-12,15,17-18H,3-10,13-14H2,1-2H3,(H,24,28). The number of carbonyl (C=O) groups excluding carboxylic acids is 2. The maximum absolute atomic E-state index is 13.1. The van der Waals surface area contributed by atoms with Crippen molar-refractivity contribution in [3.8, 4) is 0 Å². The van der Waals surface area contributed by atoms with Crippen LogP contribution < -0.4 is 5.32 Å². The Bertz CT molecular complexity index is 898. The SMILES string of the molecule is CCc1nc2cc(NC(=O)C3CCCCC3C(=O)N3CCCC3)ccc2n1CC. The van der Waals surface area contributed by atoms with Gasteiger partial charge in [0.05, 0.1) is 11.0 Å². The predicted molar refractivity (Wildman–Crippen MR) is 115 cm³/mol. The third kappa shape index (κ3) is 3.89. The Morgan fingerprint density at radius 1 is 1.07 bits per heavy atom. The van der Waals surface area contributed by atoms with Gasteiger partial charge in [-0.05, 0) is 50.8 Å². The van der Waals surface area contributed by atoms with Crippen LogP contribution in [0.5, 0.6) is 0 Å². The minimum Gasteiger partial charge on any atom is -0.342 e. The van der Waals surface area contributed by atoms with Crippen LogP contribution in [0.15, 0.2) is 18.2 Å². The van der Waals surface area contributed by atoms with Crippen LogP contribution in [0.1, 0.15) is 58.2 Å². The molecule has 1 aliphatic heterocycles. The number of aromatic nitrogens is 2. The van der Waals surface area contributed by atoms with Crippen LogP contribution in [-0.4, -0.2) is 39.4 Å². The van der Waals surface area contributed by atoms with Gasteiger partial charge < -0.3 is 14.8 Å². The first-order valence-electron chi connectivity index (χ1n) is 11.2. The number of hydrogen-bond acceptors (Lipinski definition) is 3. The topological polar surface area (TPSA) is 67.2 Å². The number of aryl methyl sites for hydroxylation is 2.